The summed E-state index contributed by atoms with van der Waals surface area (Å²) < 4.78 is 97.1. The second kappa shape index (κ2) is 19.0. The van der Waals surface area contributed by atoms with Gasteiger partial charge in [0.2, 0.25) is 0 Å². The van der Waals surface area contributed by atoms with E-state index >= 15 is 0 Å². The Morgan fingerprint density at radius 1 is 0.574 bits per heavy atom. The normalized spacial score (nSPS) is 11.9. The van der Waals surface area contributed by atoms with Crippen molar-refractivity contribution in [1.82, 2.24) is 0 Å². The minimum Gasteiger partial charge on any atom is -0.301 e. The van der Waals surface area contributed by atoms with Gasteiger partial charge in [-0.15, -0.1) is 12.6 Å². The van der Waals surface area contributed by atoms with Crippen LogP contribution in [0.25, 0.3) is 0 Å². The van der Waals surface area contributed by atoms with E-state index in [1.165, 1.54) is 54.6 Å². The molecule has 0 spiro atoms. The monoisotopic (exact) mass is 905 g/mol. The highest BCUT2D eigenvalue weighted by Crippen LogP contribution is 2.29. The standard InChI is InChI=1S/C39H39N9O9S4/c1-48(35-18-22-37(23-19-35)59(49,50)51)47-32-14-12-30(13-15-32)44-46-34-7-5-27(39(25-34)61(55,56)57-40)3-2-26-4-6-33(24-38(26)60(52,53)54)45-43-29-10-8-28(9-11-29)41-42-31-16-20-36(58)21-17-31/h4-25,41-42,44,46-47,58H,2-3,40H2,1H3,(H,49,50,51)(H,52,53,54). The van der Waals surface area contributed by atoms with Crippen molar-refractivity contribution in [1.29, 1.82) is 0 Å². The van der Waals surface area contributed by atoms with Crippen LogP contribution in [0, 0.1) is 0 Å². The van der Waals surface area contributed by atoms with Gasteiger partial charge in [0.05, 0.1) is 55.3 Å². The highest BCUT2D eigenvalue weighted by Gasteiger charge is 2.22. The summed E-state index contributed by atoms with van der Waals surface area (Å²) in [6, 6.07) is 35.6. The van der Waals surface area contributed by atoms with Crippen molar-refractivity contribution in [2.75, 3.05) is 39.2 Å². The molecule has 0 saturated carbocycles. The van der Waals surface area contributed by atoms with E-state index in [1.54, 1.807) is 66.7 Å². The first kappa shape index (κ1) is 44.3. The molecule has 0 fully saturated rings. The summed E-state index contributed by atoms with van der Waals surface area (Å²) in [6.45, 7) is 0. The van der Waals surface area contributed by atoms with Gasteiger partial charge in [-0.1, -0.05) is 12.1 Å². The van der Waals surface area contributed by atoms with Gasteiger partial charge in [0, 0.05) is 11.9 Å². The third kappa shape index (κ3) is 12.2. The van der Waals surface area contributed by atoms with Crippen molar-refractivity contribution in [3.63, 3.8) is 0 Å². The third-order valence-corrected chi connectivity index (χ3v) is 12.2. The van der Waals surface area contributed by atoms with Gasteiger partial charge in [0.15, 0.2) is 0 Å². The molecule has 6 aromatic rings. The number of rotatable bonds is 18. The van der Waals surface area contributed by atoms with E-state index in [1.807, 2.05) is 24.3 Å². The highest BCUT2D eigenvalue weighted by atomic mass is 32.2. The number of nitrogens with one attached hydrogen (secondary N) is 5. The molecule has 318 valence electrons. The Balaban J connectivity index is 1.08. The lowest BCUT2D eigenvalue weighted by molar-refractivity contribution is 0.332. The predicted molar refractivity (Wildman–Crippen MR) is 236 cm³/mol. The van der Waals surface area contributed by atoms with E-state index in [2.05, 4.69) is 54.3 Å². The van der Waals surface area contributed by atoms with Crippen LogP contribution in [0.3, 0.4) is 0 Å². The second-order valence-corrected chi connectivity index (χ2v) is 18.0. The Hall–Kier alpha value is -6.24. The molecule has 9 N–H and O–H groups in total. The molecule has 0 unspecified atom stereocenters. The van der Waals surface area contributed by atoms with E-state index in [4.69, 9.17) is 5.90 Å². The molecular weight excluding hydrogens is 867 g/mol. The second-order valence-electron chi connectivity index (χ2n) is 13.2. The maximum absolute atomic E-state index is 12.9. The number of hydrogen-bond acceptors (Lipinski definition) is 17. The first-order valence-electron chi connectivity index (χ1n) is 17.9. The number of azo groups is 1. The number of nitrogens with two attached hydrogens (primary N) is 1. The molecule has 0 bridgehead atoms. The summed E-state index contributed by atoms with van der Waals surface area (Å²) in [7, 11) is -11.8. The fourth-order valence-corrected chi connectivity index (χ4v) is 8.00. The summed E-state index contributed by atoms with van der Waals surface area (Å²) in [5.41, 5.74) is 20.1. The predicted octanol–water partition coefficient (Wildman–Crippen LogP) is 7.59. The molecule has 6 aromatic carbocycles. The summed E-state index contributed by atoms with van der Waals surface area (Å²) in [5.74, 6) is 5.15. The highest BCUT2D eigenvalue weighted by molar-refractivity contribution is 7.87. The number of thiol groups is 1. The number of hydrogen-bond donors (Lipinski definition) is 9. The first-order chi connectivity index (χ1) is 29.0. The SMILES string of the molecule is CN(Nc1ccc(NNc2ccc(CCc3ccc(N=Nc4ccc(NNc5ccc(S)cc5)cc4)cc3S(=O)(=O)O)c(S(=O)(=O)ON)c2)cc1)c1ccc(S(=O)(=O)O)cc1. The van der Waals surface area contributed by atoms with Crippen molar-refractivity contribution in [2.45, 2.75) is 32.4 Å². The molecule has 18 nitrogen and oxygen atoms in total. The van der Waals surface area contributed by atoms with Gasteiger partial charge in [-0.3, -0.25) is 19.5 Å². The molecule has 0 heterocycles. The summed E-state index contributed by atoms with van der Waals surface area (Å²) in [5, 5.41) is 9.97. The maximum Gasteiger partial charge on any atom is 0.313 e. The zero-order valence-electron chi connectivity index (χ0n) is 32.0. The van der Waals surface area contributed by atoms with Crippen LogP contribution in [-0.4, -0.2) is 41.4 Å². The zero-order valence-corrected chi connectivity index (χ0v) is 35.3. The van der Waals surface area contributed by atoms with Gasteiger partial charge in [-0.2, -0.15) is 45.7 Å². The van der Waals surface area contributed by atoms with Crippen LogP contribution >= 0.6 is 12.6 Å². The van der Waals surface area contributed by atoms with Crippen LogP contribution in [0.15, 0.2) is 163 Å². The van der Waals surface area contributed by atoms with Crippen molar-refractivity contribution in [3.05, 3.63) is 145 Å². The lowest BCUT2D eigenvalue weighted by Gasteiger charge is -2.22. The van der Waals surface area contributed by atoms with Gasteiger partial charge in [-0.25, -0.2) is 0 Å². The third-order valence-electron chi connectivity index (χ3n) is 8.88. The van der Waals surface area contributed by atoms with Crippen molar-refractivity contribution < 1.29 is 38.6 Å². The summed E-state index contributed by atoms with van der Waals surface area (Å²) in [4.78, 5) is -0.0643. The van der Waals surface area contributed by atoms with Crippen LogP contribution in [0.1, 0.15) is 11.1 Å². The molecule has 0 aliphatic carbocycles. The van der Waals surface area contributed by atoms with E-state index in [0.717, 1.165) is 16.3 Å². The van der Waals surface area contributed by atoms with E-state index in [-0.39, 0.29) is 39.4 Å². The summed E-state index contributed by atoms with van der Waals surface area (Å²) >= 11 is 4.27. The van der Waals surface area contributed by atoms with Gasteiger partial charge in [0.25, 0.3) is 20.2 Å². The average molecular weight is 906 g/mol. The molecule has 0 radical (unpaired) electrons. The Labute approximate surface area is 357 Å². The van der Waals surface area contributed by atoms with Crippen LogP contribution in [0.5, 0.6) is 0 Å². The minimum absolute atomic E-state index is 0.00258. The fourth-order valence-electron chi connectivity index (χ4n) is 5.73. The van der Waals surface area contributed by atoms with Crippen LogP contribution in [-0.2, 0) is 47.5 Å². The van der Waals surface area contributed by atoms with Gasteiger partial charge in [-0.05, 0) is 145 Å². The molecule has 0 saturated heterocycles. The summed E-state index contributed by atoms with van der Waals surface area (Å²) in [6.07, 6.45) is 0.00967. The molecule has 6 rings (SSSR count). The van der Waals surface area contributed by atoms with Gasteiger partial charge < -0.3 is 21.7 Å². The number of anilines is 6. The number of benzene rings is 6. The van der Waals surface area contributed by atoms with Crippen LogP contribution in [0.2, 0.25) is 0 Å². The Kier molecular flexibility index (Phi) is 13.8. The van der Waals surface area contributed by atoms with Crippen molar-refractivity contribution in [2.24, 2.45) is 16.1 Å². The van der Waals surface area contributed by atoms with Crippen LogP contribution in [0.4, 0.5) is 45.5 Å². The number of hydrazine groups is 3. The molecule has 61 heavy (non-hydrogen) atoms. The Bertz CT molecular complexity index is 2850. The molecule has 0 atom stereocenters. The molecule has 0 aliphatic rings. The number of aryl methyl sites for hydroxylation is 2. The Morgan fingerprint density at radius 2 is 1.03 bits per heavy atom. The molecule has 0 aliphatic heterocycles. The van der Waals surface area contributed by atoms with E-state index in [0.29, 0.717) is 28.4 Å². The lowest BCUT2D eigenvalue weighted by Crippen LogP contribution is -2.24. The molecule has 0 aromatic heterocycles. The zero-order chi connectivity index (χ0) is 43.8. The number of nitrogens with zero attached hydrogens (tertiary/aromatic N) is 3. The molecule has 0 amide bonds. The van der Waals surface area contributed by atoms with E-state index < -0.39 is 35.2 Å². The van der Waals surface area contributed by atoms with Crippen molar-refractivity contribution >= 4 is 88.5 Å². The van der Waals surface area contributed by atoms with Crippen molar-refractivity contribution in [3.8, 4) is 0 Å². The average Bonchev–Trinajstić information content (AvgIpc) is 3.24. The topological polar surface area (TPSA) is 266 Å². The lowest BCUT2D eigenvalue weighted by atomic mass is 10.0. The smallest absolute Gasteiger partial charge is 0.301 e. The largest absolute Gasteiger partial charge is 0.313 e. The maximum atomic E-state index is 12.9. The van der Waals surface area contributed by atoms with E-state index in [9.17, 15) is 34.4 Å². The molecule has 22 heteroatoms. The molecular formula is C39H39N9O9S4. The van der Waals surface area contributed by atoms with Gasteiger partial charge >= 0.3 is 10.1 Å². The minimum atomic E-state index is -4.73. The quantitative estimate of drug-likeness (QED) is 0.0174. The van der Waals surface area contributed by atoms with Gasteiger partial charge in [0.1, 0.15) is 4.90 Å². The van der Waals surface area contributed by atoms with Crippen LogP contribution < -0.4 is 38.0 Å². The Morgan fingerprint density at radius 3 is 1.59 bits per heavy atom. The first-order valence-corrected chi connectivity index (χ1v) is 22.6. The fraction of sp³-hybridized carbons (Fsp3) is 0.0769.